The molecule has 3 rings (SSSR count). The molecule has 23 heavy (non-hydrogen) atoms. The second-order valence-corrected chi connectivity index (χ2v) is 5.32. The van der Waals surface area contributed by atoms with E-state index in [1.54, 1.807) is 28.4 Å². The van der Waals surface area contributed by atoms with E-state index >= 15 is 0 Å². The lowest BCUT2D eigenvalue weighted by Gasteiger charge is -2.10. The molecule has 0 saturated carbocycles. The lowest BCUT2D eigenvalue weighted by molar-refractivity contribution is 0.354. The van der Waals surface area contributed by atoms with Crippen molar-refractivity contribution in [3.63, 3.8) is 0 Å². The summed E-state index contributed by atoms with van der Waals surface area (Å²) in [5.74, 6) is 2.97. The second kappa shape index (κ2) is 6.24. The second-order valence-electron chi connectivity index (χ2n) is 5.32. The van der Waals surface area contributed by atoms with Crippen LogP contribution in [-0.4, -0.2) is 28.4 Å². The van der Waals surface area contributed by atoms with Gasteiger partial charge in [-0.15, -0.1) is 0 Å². The maximum absolute atomic E-state index is 5.39. The van der Waals surface area contributed by atoms with Gasteiger partial charge in [0, 0.05) is 0 Å². The smallest absolute Gasteiger partial charge is 0.161 e. The van der Waals surface area contributed by atoms with Gasteiger partial charge in [-0.25, -0.2) is 0 Å². The standard InChI is InChI=1S/C19H20O4/c1-20-16-6-5-12(9-17(16)21-2)13-7-14-10-18(22-3)19(23-4)11-15(14)8-13/h5-7,9-11H,8H2,1-4H3. The van der Waals surface area contributed by atoms with Crippen molar-refractivity contribution in [2.75, 3.05) is 28.4 Å². The molecule has 2 aromatic carbocycles. The molecule has 0 unspecified atom stereocenters. The predicted octanol–water partition coefficient (Wildman–Crippen LogP) is 3.82. The van der Waals surface area contributed by atoms with Gasteiger partial charge in [-0.05, 0) is 52.9 Å². The van der Waals surface area contributed by atoms with Crippen LogP contribution in [0.2, 0.25) is 0 Å². The average molecular weight is 312 g/mol. The van der Waals surface area contributed by atoms with Gasteiger partial charge in [0.15, 0.2) is 23.0 Å². The third-order valence-corrected chi connectivity index (χ3v) is 4.11. The predicted molar refractivity (Wildman–Crippen MR) is 90.7 cm³/mol. The van der Waals surface area contributed by atoms with Crippen LogP contribution in [0.5, 0.6) is 23.0 Å². The number of hydrogen-bond donors (Lipinski definition) is 0. The summed E-state index contributed by atoms with van der Waals surface area (Å²) in [6.07, 6.45) is 3.03. The van der Waals surface area contributed by atoms with E-state index in [0.29, 0.717) is 0 Å². The minimum Gasteiger partial charge on any atom is -0.493 e. The highest BCUT2D eigenvalue weighted by Gasteiger charge is 2.19. The molecule has 4 nitrogen and oxygen atoms in total. The van der Waals surface area contributed by atoms with Crippen LogP contribution in [0.25, 0.3) is 11.6 Å². The molecule has 0 aromatic heterocycles. The highest BCUT2D eigenvalue weighted by molar-refractivity contribution is 5.89. The van der Waals surface area contributed by atoms with Crippen molar-refractivity contribution in [3.8, 4) is 23.0 Å². The zero-order valence-electron chi connectivity index (χ0n) is 13.8. The molecule has 1 aliphatic rings. The van der Waals surface area contributed by atoms with Crippen molar-refractivity contribution < 1.29 is 18.9 Å². The number of rotatable bonds is 5. The Morgan fingerprint density at radius 1 is 0.696 bits per heavy atom. The maximum atomic E-state index is 5.39. The van der Waals surface area contributed by atoms with Gasteiger partial charge in [0.05, 0.1) is 28.4 Å². The molecule has 0 saturated heterocycles. The lowest BCUT2D eigenvalue weighted by atomic mass is 10.0. The molecule has 0 N–H and O–H groups in total. The van der Waals surface area contributed by atoms with Gasteiger partial charge in [-0.2, -0.15) is 0 Å². The number of benzene rings is 2. The summed E-state index contributed by atoms with van der Waals surface area (Å²) >= 11 is 0. The van der Waals surface area contributed by atoms with Gasteiger partial charge in [-0.3, -0.25) is 0 Å². The van der Waals surface area contributed by atoms with Gasteiger partial charge < -0.3 is 18.9 Å². The third kappa shape index (κ3) is 2.72. The van der Waals surface area contributed by atoms with E-state index in [-0.39, 0.29) is 0 Å². The van der Waals surface area contributed by atoms with Crippen LogP contribution in [0, 0.1) is 0 Å². The minimum absolute atomic E-state index is 0.732. The molecular weight excluding hydrogens is 292 g/mol. The van der Waals surface area contributed by atoms with E-state index in [9.17, 15) is 0 Å². The first kappa shape index (κ1) is 15.3. The molecule has 0 bridgehead atoms. The molecule has 0 heterocycles. The molecular formula is C19H20O4. The largest absolute Gasteiger partial charge is 0.493 e. The highest BCUT2D eigenvalue weighted by Crippen LogP contribution is 2.40. The summed E-state index contributed by atoms with van der Waals surface area (Å²) in [5.41, 5.74) is 4.74. The maximum Gasteiger partial charge on any atom is 0.161 e. The molecule has 0 amide bonds. The van der Waals surface area contributed by atoms with Crippen LogP contribution < -0.4 is 18.9 Å². The Morgan fingerprint density at radius 3 is 1.96 bits per heavy atom. The van der Waals surface area contributed by atoms with E-state index in [1.165, 1.54) is 11.1 Å². The van der Waals surface area contributed by atoms with Crippen LogP contribution in [0.3, 0.4) is 0 Å². The van der Waals surface area contributed by atoms with E-state index in [1.807, 2.05) is 30.3 Å². The van der Waals surface area contributed by atoms with E-state index in [0.717, 1.165) is 40.5 Å². The fourth-order valence-electron chi connectivity index (χ4n) is 2.89. The van der Waals surface area contributed by atoms with Crippen LogP contribution >= 0.6 is 0 Å². The molecule has 0 atom stereocenters. The Morgan fingerprint density at radius 2 is 1.30 bits per heavy atom. The highest BCUT2D eigenvalue weighted by atomic mass is 16.5. The Balaban J connectivity index is 1.97. The summed E-state index contributed by atoms with van der Waals surface area (Å²) in [5, 5.41) is 0. The Kier molecular flexibility index (Phi) is 4.15. The molecule has 2 aromatic rings. The number of methoxy groups -OCH3 is 4. The first-order chi connectivity index (χ1) is 11.2. The summed E-state index contributed by atoms with van der Waals surface area (Å²) in [4.78, 5) is 0. The van der Waals surface area contributed by atoms with Crippen LogP contribution in [0.4, 0.5) is 0 Å². The molecule has 0 aliphatic heterocycles. The van der Waals surface area contributed by atoms with Gasteiger partial charge >= 0.3 is 0 Å². The molecule has 1 aliphatic carbocycles. The fourth-order valence-corrected chi connectivity index (χ4v) is 2.89. The molecule has 0 radical (unpaired) electrons. The lowest BCUT2D eigenvalue weighted by Crippen LogP contribution is -1.94. The SMILES string of the molecule is COc1ccc(C2=Cc3cc(OC)c(OC)cc3C2)cc1OC. The quantitative estimate of drug-likeness (QED) is 0.841. The fraction of sp³-hybridized carbons (Fsp3) is 0.263. The first-order valence-electron chi connectivity index (χ1n) is 7.38. The van der Waals surface area contributed by atoms with Crippen LogP contribution in [0.1, 0.15) is 16.7 Å². The van der Waals surface area contributed by atoms with Crippen molar-refractivity contribution >= 4 is 11.6 Å². The van der Waals surface area contributed by atoms with E-state index in [2.05, 4.69) is 6.08 Å². The molecule has 0 spiro atoms. The zero-order valence-corrected chi connectivity index (χ0v) is 13.8. The van der Waals surface area contributed by atoms with Crippen molar-refractivity contribution in [1.82, 2.24) is 0 Å². The molecule has 120 valence electrons. The molecule has 4 heteroatoms. The summed E-state index contributed by atoms with van der Waals surface area (Å²) in [6, 6.07) is 10.0. The Labute approximate surface area is 136 Å². The van der Waals surface area contributed by atoms with Crippen LogP contribution in [-0.2, 0) is 6.42 Å². The summed E-state index contributed by atoms with van der Waals surface area (Å²) < 4.78 is 21.5. The van der Waals surface area contributed by atoms with Crippen molar-refractivity contribution in [3.05, 3.63) is 47.0 Å². The zero-order chi connectivity index (χ0) is 16.4. The Hall–Kier alpha value is -2.62. The molecule has 0 fully saturated rings. The van der Waals surface area contributed by atoms with Gasteiger partial charge in [0.1, 0.15) is 0 Å². The van der Waals surface area contributed by atoms with Crippen LogP contribution in [0.15, 0.2) is 30.3 Å². The number of allylic oxidation sites excluding steroid dienone is 1. The van der Waals surface area contributed by atoms with Crippen molar-refractivity contribution in [2.24, 2.45) is 0 Å². The minimum atomic E-state index is 0.732. The van der Waals surface area contributed by atoms with Crippen molar-refractivity contribution in [1.29, 1.82) is 0 Å². The Bertz CT molecular complexity index is 762. The topological polar surface area (TPSA) is 36.9 Å². The van der Waals surface area contributed by atoms with Gasteiger partial charge in [0.25, 0.3) is 0 Å². The third-order valence-electron chi connectivity index (χ3n) is 4.11. The van der Waals surface area contributed by atoms with E-state index in [4.69, 9.17) is 18.9 Å². The van der Waals surface area contributed by atoms with Gasteiger partial charge in [0.2, 0.25) is 0 Å². The average Bonchev–Trinajstić information content (AvgIpc) is 3.02. The monoisotopic (exact) mass is 312 g/mol. The van der Waals surface area contributed by atoms with E-state index < -0.39 is 0 Å². The summed E-state index contributed by atoms with van der Waals surface area (Å²) in [6.45, 7) is 0. The summed E-state index contributed by atoms with van der Waals surface area (Å²) in [7, 11) is 6.59. The van der Waals surface area contributed by atoms with Gasteiger partial charge in [-0.1, -0.05) is 12.1 Å². The number of hydrogen-bond acceptors (Lipinski definition) is 4. The first-order valence-corrected chi connectivity index (χ1v) is 7.38. The number of ether oxygens (including phenoxy) is 4. The van der Waals surface area contributed by atoms with Crippen molar-refractivity contribution in [2.45, 2.75) is 6.42 Å². The normalized spacial score (nSPS) is 12.4. The number of fused-ring (bicyclic) bond motifs is 1.